The molecule has 2 aromatic rings. The summed E-state index contributed by atoms with van der Waals surface area (Å²) in [6, 6.07) is 9.68. The average molecular weight is 370 g/mol. The van der Waals surface area contributed by atoms with Crippen molar-refractivity contribution in [3.63, 3.8) is 0 Å². The van der Waals surface area contributed by atoms with E-state index in [1.807, 2.05) is 6.07 Å². The van der Waals surface area contributed by atoms with Crippen LogP contribution in [0.5, 0.6) is 0 Å². The van der Waals surface area contributed by atoms with Crippen molar-refractivity contribution in [3.05, 3.63) is 52.3 Å². The van der Waals surface area contributed by atoms with Crippen molar-refractivity contribution >= 4 is 37.3 Å². The van der Waals surface area contributed by atoms with Gasteiger partial charge in [-0.2, -0.15) is 5.26 Å². The number of para-hydroxylation sites is 1. The van der Waals surface area contributed by atoms with Crippen LogP contribution in [-0.4, -0.2) is 8.42 Å². The van der Waals surface area contributed by atoms with E-state index >= 15 is 0 Å². The van der Waals surface area contributed by atoms with E-state index in [0.717, 1.165) is 6.07 Å². The molecule has 2 aromatic carbocycles. The van der Waals surface area contributed by atoms with E-state index in [2.05, 4.69) is 20.7 Å². The lowest BCUT2D eigenvalue weighted by atomic mass is 10.2. The van der Waals surface area contributed by atoms with Crippen molar-refractivity contribution in [2.75, 3.05) is 10.5 Å². The van der Waals surface area contributed by atoms with Crippen LogP contribution in [0.4, 0.5) is 15.8 Å². The van der Waals surface area contributed by atoms with Gasteiger partial charge < -0.3 is 5.73 Å². The van der Waals surface area contributed by atoms with Gasteiger partial charge in [0.2, 0.25) is 0 Å². The van der Waals surface area contributed by atoms with Crippen molar-refractivity contribution in [3.8, 4) is 6.07 Å². The predicted molar refractivity (Wildman–Crippen MR) is 80.5 cm³/mol. The van der Waals surface area contributed by atoms with Crippen LogP contribution in [0.3, 0.4) is 0 Å². The molecule has 21 heavy (non-hydrogen) atoms. The molecule has 0 spiro atoms. The normalized spacial score (nSPS) is 10.9. The Morgan fingerprint density at radius 3 is 2.57 bits per heavy atom. The molecule has 0 atom stereocenters. The fourth-order valence-electron chi connectivity index (χ4n) is 1.65. The van der Waals surface area contributed by atoms with Crippen LogP contribution in [0, 0.1) is 17.1 Å². The highest BCUT2D eigenvalue weighted by Gasteiger charge is 2.20. The van der Waals surface area contributed by atoms with Crippen molar-refractivity contribution in [1.29, 1.82) is 5.26 Å². The maximum atomic E-state index is 13.7. The Kier molecular flexibility index (Phi) is 4.16. The smallest absolute Gasteiger partial charge is 0.264 e. The van der Waals surface area contributed by atoms with Gasteiger partial charge in [0.25, 0.3) is 10.0 Å². The molecule has 108 valence electrons. The molecular weight excluding hydrogens is 361 g/mol. The van der Waals surface area contributed by atoms with E-state index in [-0.39, 0.29) is 26.3 Å². The maximum absolute atomic E-state index is 13.7. The first-order valence-electron chi connectivity index (χ1n) is 5.61. The third kappa shape index (κ3) is 3.15. The van der Waals surface area contributed by atoms with Crippen LogP contribution in [0.2, 0.25) is 0 Å². The van der Waals surface area contributed by atoms with Crippen LogP contribution in [0.25, 0.3) is 0 Å². The van der Waals surface area contributed by atoms with Crippen molar-refractivity contribution < 1.29 is 12.8 Å². The molecule has 0 saturated carbocycles. The molecule has 8 heteroatoms. The summed E-state index contributed by atoms with van der Waals surface area (Å²) in [5, 5.41) is 8.74. The van der Waals surface area contributed by atoms with E-state index in [1.165, 1.54) is 30.3 Å². The van der Waals surface area contributed by atoms with E-state index in [4.69, 9.17) is 11.0 Å². The molecule has 0 saturated heterocycles. The lowest BCUT2D eigenvalue weighted by molar-refractivity contribution is 0.598. The second kappa shape index (κ2) is 5.71. The number of nitrogens with zero attached hydrogens (tertiary/aromatic N) is 1. The Balaban J connectivity index is 2.47. The minimum Gasteiger partial charge on any atom is -0.398 e. The number of anilines is 2. The first kappa shape index (κ1) is 15.3. The lowest BCUT2D eigenvalue weighted by Crippen LogP contribution is -2.16. The topological polar surface area (TPSA) is 96.0 Å². The van der Waals surface area contributed by atoms with Gasteiger partial charge in [0, 0.05) is 4.47 Å². The minimum absolute atomic E-state index is 0.0889. The summed E-state index contributed by atoms with van der Waals surface area (Å²) in [6.45, 7) is 0. The number of nitrogens with one attached hydrogen (secondary N) is 1. The molecule has 2 rings (SSSR count). The van der Waals surface area contributed by atoms with Crippen LogP contribution in [0.1, 0.15) is 5.56 Å². The number of nitriles is 1. The zero-order valence-electron chi connectivity index (χ0n) is 10.5. The quantitative estimate of drug-likeness (QED) is 0.812. The summed E-state index contributed by atoms with van der Waals surface area (Å²) < 4.78 is 40.6. The second-order valence-corrected chi connectivity index (χ2v) is 6.57. The molecular formula is C13H9BrFN3O2S. The molecule has 0 aliphatic rings. The Bertz CT molecular complexity index is 827. The average Bonchev–Trinajstić information content (AvgIpc) is 2.42. The number of halogens is 2. The summed E-state index contributed by atoms with van der Waals surface area (Å²) in [4.78, 5) is -0.225. The van der Waals surface area contributed by atoms with Gasteiger partial charge in [-0.25, -0.2) is 12.8 Å². The highest BCUT2D eigenvalue weighted by Crippen LogP contribution is 2.29. The number of sulfonamides is 1. The van der Waals surface area contributed by atoms with Gasteiger partial charge in [0.05, 0.1) is 23.0 Å². The molecule has 0 unspecified atom stereocenters. The number of hydrogen-bond acceptors (Lipinski definition) is 4. The van der Waals surface area contributed by atoms with Gasteiger partial charge in [-0.05, 0) is 46.3 Å². The molecule has 0 aliphatic carbocycles. The number of hydrogen-bond donors (Lipinski definition) is 2. The molecule has 3 N–H and O–H groups in total. The lowest BCUT2D eigenvalue weighted by Gasteiger charge is -2.12. The third-order valence-corrected chi connectivity index (χ3v) is 4.71. The second-order valence-electron chi connectivity index (χ2n) is 4.07. The SMILES string of the molecule is N#Cc1ccc(S(=O)(=O)Nc2c(F)cccc2Br)c(N)c1. The van der Waals surface area contributed by atoms with E-state index in [0.29, 0.717) is 0 Å². The molecule has 0 bridgehead atoms. The van der Waals surface area contributed by atoms with Gasteiger partial charge in [0.15, 0.2) is 0 Å². The number of nitrogens with two attached hydrogens (primary N) is 1. The zero-order valence-corrected chi connectivity index (χ0v) is 12.9. The van der Waals surface area contributed by atoms with Crippen LogP contribution < -0.4 is 10.5 Å². The Labute approximate surface area is 129 Å². The van der Waals surface area contributed by atoms with Gasteiger partial charge in [-0.1, -0.05) is 6.07 Å². The fourth-order valence-corrected chi connectivity index (χ4v) is 3.42. The highest BCUT2D eigenvalue weighted by molar-refractivity contribution is 9.10. The van der Waals surface area contributed by atoms with Gasteiger partial charge in [0.1, 0.15) is 10.7 Å². The third-order valence-electron chi connectivity index (χ3n) is 2.63. The van der Waals surface area contributed by atoms with Crippen LogP contribution >= 0.6 is 15.9 Å². The molecule has 0 fully saturated rings. The Morgan fingerprint density at radius 1 is 1.29 bits per heavy atom. The summed E-state index contributed by atoms with van der Waals surface area (Å²) in [5.74, 6) is -0.722. The van der Waals surface area contributed by atoms with Crippen LogP contribution in [0.15, 0.2) is 45.8 Å². The largest absolute Gasteiger partial charge is 0.398 e. The molecule has 0 amide bonds. The van der Waals surface area contributed by atoms with Gasteiger partial charge in [-0.15, -0.1) is 0 Å². The monoisotopic (exact) mass is 369 g/mol. The number of benzene rings is 2. The maximum Gasteiger partial charge on any atom is 0.264 e. The summed E-state index contributed by atoms with van der Waals surface area (Å²) in [5.41, 5.74) is 5.58. The van der Waals surface area contributed by atoms with Crippen molar-refractivity contribution in [1.82, 2.24) is 0 Å². The molecule has 0 radical (unpaired) electrons. The summed E-state index contributed by atoms with van der Waals surface area (Å²) >= 11 is 3.07. The Morgan fingerprint density at radius 2 is 2.00 bits per heavy atom. The van der Waals surface area contributed by atoms with E-state index in [9.17, 15) is 12.8 Å². The molecule has 0 aromatic heterocycles. The fraction of sp³-hybridized carbons (Fsp3) is 0. The number of nitrogen functional groups attached to an aromatic ring is 1. The summed E-state index contributed by atoms with van der Waals surface area (Å²) in [7, 11) is -4.07. The predicted octanol–water partition coefficient (Wildman–Crippen LogP) is 2.84. The van der Waals surface area contributed by atoms with Crippen molar-refractivity contribution in [2.45, 2.75) is 4.90 Å². The first-order chi connectivity index (χ1) is 9.85. The summed E-state index contributed by atoms with van der Waals surface area (Å²) in [6.07, 6.45) is 0. The Hall–Kier alpha value is -2.11. The highest BCUT2D eigenvalue weighted by atomic mass is 79.9. The molecule has 5 nitrogen and oxygen atoms in total. The zero-order chi connectivity index (χ0) is 15.6. The molecule has 0 aliphatic heterocycles. The first-order valence-corrected chi connectivity index (χ1v) is 7.89. The van der Waals surface area contributed by atoms with E-state index < -0.39 is 15.8 Å². The van der Waals surface area contributed by atoms with E-state index in [1.54, 1.807) is 0 Å². The van der Waals surface area contributed by atoms with Gasteiger partial charge >= 0.3 is 0 Å². The standard InChI is InChI=1S/C13H9BrFN3O2S/c14-9-2-1-3-10(15)13(9)18-21(19,20)12-5-4-8(7-16)6-11(12)17/h1-6,18H,17H2. The minimum atomic E-state index is -4.07. The van der Waals surface area contributed by atoms with Gasteiger partial charge in [-0.3, -0.25) is 4.72 Å². The van der Waals surface area contributed by atoms with Crippen molar-refractivity contribution in [2.24, 2.45) is 0 Å². The molecule has 0 heterocycles. The van der Waals surface area contributed by atoms with Crippen LogP contribution in [-0.2, 0) is 10.0 Å². The number of rotatable bonds is 3.